The lowest BCUT2D eigenvalue weighted by Gasteiger charge is -2.19. The number of fused-ring (bicyclic) bond motifs is 1. The minimum Gasteiger partial charge on any atom is -0.457 e. The molecule has 4 rings (SSSR count). The summed E-state index contributed by atoms with van der Waals surface area (Å²) < 4.78 is 7.81. The number of hydrogen-bond donors (Lipinski definition) is 2. The molecule has 4 aromatic rings. The number of anilines is 1. The van der Waals surface area contributed by atoms with Crippen LogP contribution >= 0.6 is 0 Å². The van der Waals surface area contributed by atoms with E-state index in [1.165, 1.54) is 13.1 Å². The molecule has 7 nitrogen and oxygen atoms in total. The maximum atomic E-state index is 13.0. The molecule has 0 aliphatic heterocycles. The van der Waals surface area contributed by atoms with Crippen LogP contribution in [0, 0.1) is 6.92 Å². The van der Waals surface area contributed by atoms with E-state index in [2.05, 4.69) is 15.6 Å². The van der Waals surface area contributed by atoms with Crippen molar-refractivity contribution in [3.8, 4) is 11.6 Å². The van der Waals surface area contributed by atoms with E-state index in [1.807, 2.05) is 65.2 Å². The number of amides is 1. The molecule has 0 spiro atoms. The number of ether oxygens (including phenoxy) is 1. The number of carbonyl (C=O) groups is 1. The Balaban J connectivity index is 1.87. The van der Waals surface area contributed by atoms with E-state index in [0.717, 1.165) is 11.4 Å². The van der Waals surface area contributed by atoms with Crippen molar-refractivity contribution in [2.45, 2.75) is 6.92 Å². The lowest BCUT2D eigenvalue weighted by Crippen LogP contribution is -2.24. The van der Waals surface area contributed by atoms with Crippen LogP contribution in [0.2, 0.25) is 0 Å². The van der Waals surface area contributed by atoms with Crippen molar-refractivity contribution in [3.05, 3.63) is 94.4 Å². The quantitative estimate of drug-likeness (QED) is 0.472. The second kappa shape index (κ2) is 8.71. The Labute approximate surface area is 179 Å². The lowest BCUT2D eigenvalue weighted by atomic mass is 10.1. The predicted molar refractivity (Wildman–Crippen MR) is 121 cm³/mol. The van der Waals surface area contributed by atoms with E-state index in [4.69, 9.17) is 4.74 Å². The first-order chi connectivity index (χ1) is 15.1. The minimum atomic E-state index is -0.412. The summed E-state index contributed by atoms with van der Waals surface area (Å²) in [6, 6.07) is 22.4. The van der Waals surface area contributed by atoms with Gasteiger partial charge in [0.25, 0.3) is 5.91 Å². The van der Waals surface area contributed by atoms with Crippen LogP contribution in [0.5, 0.6) is 5.88 Å². The molecule has 1 amide bonds. The van der Waals surface area contributed by atoms with Crippen molar-refractivity contribution in [3.63, 3.8) is 0 Å². The Hall–Kier alpha value is -4.13. The zero-order valence-corrected chi connectivity index (χ0v) is 17.3. The average Bonchev–Trinajstić information content (AvgIpc) is 2.79. The number of rotatable bonds is 6. The third-order valence-corrected chi connectivity index (χ3v) is 4.82. The standard InChI is InChI=1S/C24H22N4O3/c1-16-13-19-22(23(27-16)24(30)25-2)20(29)14-21(28(19)18-11-7-4-8-12-18)31-15-26-17-9-5-3-6-10-17/h3-14,26H,15H2,1-2H3,(H,25,30). The SMILES string of the molecule is CNC(=O)c1nc(C)cc2c1c(=O)cc(OCNc1ccccc1)n2-c1ccccc1. The van der Waals surface area contributed by atoms with Gasteiger partial charge in [0.15, 0.2) is 12.2 Å². The monoisotopic (exact) mass is 414 g/mol. The number of aryl methyl sites for hydroxylation is 1. The van der Waals surface area contributed by atoms with Crippen LogP contribution in [-0.2, 0) is 0 Å². The molecule has 0 atom stereocenters. The summed E-state index contributed by atoms with van der Waals surface area (Å²) in [7, 11) is 1.51. The van der Waals surface area contributed by atoms with Gasteiger partial charge in [-0.15, -0.1) is 0 Å². The molecule has 0 fully saturated rings. The number of nitrogens with zero attached hydrogens (tertiary/aromatic N) is 2. The topological polar surface area (TPSA) is 85.2 Å². The van der Waals surface area contributed by atoms with Gasteiger partial charge in [0.1, 0.15) is 5.69 Å². The van der Waals surface area contributed by atoms with Gasteiger partial charge in [-0.1, -0.05) is 36.4 Å². The number of para-hydroxylation sites is 2. The Bertz CT molecular complexity index is 1290. The minimum absolute atomic E-state index is 0.0983. The second-order valence-electron chi connectivity index (χ2n) is 6.93. The van der Waals surface area contributed by atoms with Gasteiger partial charge in [-0.3, -0.25) is 14.2 Å². The number of pyridine rings is 2. The first-order valence-electron chi connectivity index (χ1n) is 9.85. The third-order valence-electron chi connectivity index (χ3n) is 4.82. The fraction of sp³-hybridized carbons (Fsp3) is 0.125. The summed E-state index contributed by atoms with van der Waals surface area (Å²) in [5, 5.41) is 5.99. The molecule has 0 bridgehead atoms. The molecule has 0 radical (unpaired) electrons. The number of nitrogens with one attached hydrogen (secondary N) is 2. The second-order valence-corrected chi connectivity index (χ2v) is 6.93. The molecule has 2 aromatic carbocycles. The van der Waals surface area contributed by atoms with Gasteiger partial charge < -0.3 is 15.4 Å². The van der Waals surface area contributed by atoms with Gasteiger partial charge >= 0.3 is 0 Å². The van der Waals surface area contributed by atoms with Gasteiger partial charge in [-0.25, -0.2) is 4.98 Å². The van der Waals surface area contributed by atoms with Crippen LogP contribution in [0.4, 0.5) is 5.69 Å². The molecule has 7 heteroatoms. The average molecular weight is 414 g/mol. The van der Waals surface area contributed by atoms with Gasteiger partial charge in [-0.2, -0.15) is 0 Å². The van der Waals surface area contributed by atoms with Gasteiger partial charge in [0.2, 0.25) is 5.88 Å². The van der Waals surface area contributed by atoms with E-state index in [1.54, 1.807) is 13.0 Å². The molecule has 2 aromatic heterocycles. The smallest absolute Gasteiger partial charge is 0.270 e. The molecule has 0 unspecified atom stereocenters. The van der Waals surface area contributed by atoms with E-state index in [0.29, 0.717) is 17.1 Å². The summed E-state index contributed by atoms with van der Waals surface area (Å²) in [6.45, 7) is 1.95. The molecule has 0 saturated heterocycles. The fourth-order valence-electron chi connectivity index (χ4n) is 3.42. The van der Waals surface area contributed by atoms with Crippen molar-refractivity contribution >= 4 is 22.5 Å². The van der Waals surface area contributed by atoms with Gasteiger partial charge in [-0.05, 0) is 37.3 Å². The van der Waals surface area contributed by atoms with E-state index >= 15 is 0 Å². The number of carbonyl (C=O) groups excluding carboxylic acids is 1. The molecule has 0 saturated carbocycles. The molecule has 2 N–H and O–H groups in total. The first kappa shape index (κ1) is 20.2. The van der Waals surface area contributed by atoms with Gasteiger partial charge in [0, 0.05) is 30.2 Å². The van der Waals surface area contributed by atoms with Crippen LogP contribution < -0.4 is 20.8 Å². The third kappa shape index (κ3) is 4.11. The molecule has 2 heterocycles. The summed E-state index contributed by atoms with van der Waals surface area (Å²) in [4.78, 5) is 29.8. The normalized spacial score (nSPS) is 10.6. The van der Waals surface area contributed by atoms with Crippen LogP contribution in [0.15, 0.2) is 77.6 Å². The van der Waals surface area contributed by atoms with Gasteiger partial charge in [0.05, 0.1) is 10.9 Å². The van der Waals surface area contributed by atoms with Crippen molar-refractivity contribution < 1.29 is 9.53 Å². The summed E-state index contributed by atoms with van der Waals surface area (Å²) in [5.41, 5.74) is 2.65. The Morgan fingerprint density at radius 1 is 1.03 bits per heavy atom. The Morgan fingerprint density at radius 2 is 1.71 bits per heavy atom. The van der Waals surface area contributed by atoms with Crippen LogP contribution in [0.25, 0.3) is 16.6 Å². The first-order valence-corrected chi connectivity index (χ1v) is 9.85. The van der Waals surface area contributed by atoms with Crippen molar-refractivity contribution in [1.29, 1.82) is 0 Å². The summed E-state index contributed by atoms with van der Waals surface area (Å²) in [6.07, 6.45) is 0. The lowest BCUT2D eigenvalue weighted by molar-refractivity contribution is 0.0959. The number of benzene rings is 2. The van der Waals surface area contributed by atoms with Crippen molar-refractivity contribution in [2.75, 3.05) is 19.1 Å². The molecule has 156 valence electrons. The maximum absolute atomic E-state index is 13.0. The maximum Gasteiger partial charge on any atom is 0.270 e. The van der Waals surface area contributed by atoms with E-state index in [-0.39, 0.29) is 23.2 Å². The van der Waals surface area contributed by atoms with E-state index in [9.17, 15) is 9.59 Å². The zero-order chi connectivity index (χ0) is 21.8. The highest BCUT2D eigenvalue weighted by molar-refractivity contribution is 6.04. The summed E-state index contributed by atoms with van der Waals surface area (Å²) >= 11 is 0. The molecular weight excluding hydrogens is 392 g/mol. The highest BCUT2D eigenvalue weighted by Crippen LogP contribution is 2.26. The number of aromatic nitrogens is 2. The molecular formula is C24H22N4O3. The highest BCUT2D eigenvalue weighted by atomic mass is 16.5. The molecule has 31 heavy (non-hydrogen) atoms. The van der Waals surface area contributed by atoms with Crippen LogP contribution in [0.1, 0.15) is 16.2 Å². The van der Waals surface area contributed by atoms with Crippen LogP contribution in [0.3, 0.4) is 0 Å². The molecule has 0 aliphatic carbocycles. The predicted octanol–water partition coefficient (Wildman–Crippen LogP) is 3.50. The largest absolute Gasteiger partial charge is 0.457 e. The van der Waals surface area contributed by atoms with Crippen molar-refractivity contribution in [1.82, 2.24) is 14.9 Å². The summed E-state index contributed by atoms with van der Waals surface area (Å²) in [5.74, 6) is -0.0505. The zero-order valence-electron chi connectivity index (χ0n) is 17.3. The van der Waals surface area contributed by atoms with E-state index < -0.39 is 5.91 Å². The Morgan fingerprint density at radius 3 is 2.39 bits per heavy atom. The number of hydrogen-bond acceptors (Lipinski definition) is 5. The van der Waals surface area contributed by atoms with Crippen molar-refractivity contribution in [2.24, 2.45) is 0 Å². The molecule has 0 aliphatic rings. The van der Waals surface area contributed by atoms with Crippen LogP contribution in [-0.4, -0.2) is 29.2 Å². The highest BCUT2D eigenvalue weighted by Gasteiger charge is 2.20. The Kier molecular flexibility index (Phi) is 5.66. The fourth-order valence-corrected chi connectivity index (χ4v) is 3.42.